The average molecular weight is 160 g/mol. The third-order valence-corrected chi connectivity index (χ3v) is 0.901. The molecule has 0 unspecified atom stereocenters. The third-order valence-electron chi connectivity index (χ3n) is 0.491. The summed E-state index contributed by atoms with van der Waals surface area (Å²) in [4.78, 5) is 7.17. The Morgan fingerprint density at radius 3 is 2.57 bits per heavy atom. The molecule has 0 atom stereocenters. The first-order valence-electron chi connectivity index (χ1n) is 2.23. The molecule has 0 N–H and O–H groups in total. The highest BCUT2D eigenvalue weighted by atomic mass is 79.9. The number of aromatic nitrogens is 2. The Bertz CT molecular complexity index is 153. The van der Waals surface area contributed by atoms with Crippen LogP contribution in [0.15, 0.2) is 23.2 Å². The van der Waals surface area contributed by atoms with E-state index in [9.17, 15) is 0 Å². The second kappa shape index (κ2) is 2.02. The van der Waals surface area contributed by atoms with Crippen molar-refractivity contribution >= 4 is 15.9 Å². The second-order valence-electron chi connectivity index (χ2n) is 1.00. The molecule has 0 saturated carbocycles. The predicted molar refractivity (Wildman–Crippen MR) is 29.7 cm³/mol. The van der Waals surface area contributed by atoms with E-state index < -0.39 is 0 Å². The van der Waals surface area contributed by atoms with Crippen LogP contribution in [0, 0.1) is 0 Å². The minimum Gasteiger partial charge on any atom is -0.244 e. The van der Waals surface area contributed by atoms with Gasteiger partial charge >= 0.3 is 0 Å². The maximum Gasteiger partial charge on any atom is 0.115 e. The standard InChI is InChI=1S/C4H3BrN2/c5-4-1-6-3-7-2-4/h1-3H/i3D. The summed E-state index contributed by atoms with van der Waals surface area (Å²) in [5, 5.41) is 0. The van der Waals surface area contributed by atoms with Crippen LogP contribution in [0.5, 0.6) is 0 Å². The predicted octanol–water partition coefficient (Wildman–Crippen LogP) is 1.24. The van der Waals surface area contributed by atoms with E-state index in [2.05, 4.69) is 25.9 Å². The number of rotatable bonds is 0. The molecule has 0 bridgehead atoms. The van der Waals surface area contributed by atoms with Crippen molar-refractivity contribution in [3.05, 3.63) is 23.2 Å². The Hall–Kier alpha value is -0.440. The van der Waals surface area contributed by atoms with E-state index in [1.807, 2.05) is 0 Å². The van der Waals surface area contributed by atoms with Crippen molar-refractivity contribution in [1.29, 1.82) is 0 Å². The first-order chi connectivity index (χ1) is 3.79. The molecule has 1 aromatic heterocycles. The molecule has 0 spiro atoms. The van der Waals surface area contributed by atoms with Gasteiger partial charge in [0, 0.05) is 12.4 Å². The van der Waals surface area contributed by atoms with Crippen LogP contribution in [0.2, 0.25) is 0 Å². The molecular weight excluding hydrogens is 156 g/mol. The maximum absolute atomic E-state index is 6.85. The minimum absolute atomic E-state index is 0.0493. The van der Waals surface area contributed by atoms with Crippen LogP contribution in [-0.4, -0.2) is 9.97 Å². The second-order valence-corrected chi connectivity index (χ2v) is 1.92. The Morgan fingerprint density at radius 1 is 1.57 bits per heavy atom. The minimum atomic E-state index is 0.0493. The van der Waals surface area contributed by atoms with Crippen molar-refractivity contribution in [2.45, 2.75) is 0 Å². The van der Waals surface area contributed by atoms with Gasteiger partial charge in [0.1, 0.15) is 7.67 Å². The lowest BCUT2D eigenvalue weighted by Gasteiger charge is -1.79. The number of nitrogens with zero attached hydrogens (tertiary/aromatic N) is 2. The van der Waals surface area contributed by atoms with Gasteiger partial charge in [-0.25, -0.2) is 9.97 Å². The number of hydrogen-bond donors (Lipinski definition) is 0. The highest BCUT2D eigenvalue weighted by Crippen LogP contribution is 2.00. The van der Waals surface area contributed by atoms with E-state index in [0.717, 1.165) is 4.47 Å². The van der Waals surface area contributed by atoms with Crippen LogP contribution in [0.4, 0.5) is 0 Å². The average Bonchev–Trinajstić information content (AvgIpc) is 1.77. The van der Waals surface area contributed by atoms with E-state index >= 15 is 0 Å². The molecular formula is C4H3BrN2. The lowest BCUT2D eigenvalue weighted by Crippen LogP contribution is -1.71. The van der Waals surface area contributed by atoms with Gasteiger partial charge < -0.3 is 0 Å². The normalized spacial score (nSPS) is 10.7. The third kappa shape index (κ3) is 1.23. The van der Waals surface area contributed by atoms with Crippen molar-refractivity contribution in [3.63, 3.8) is 0 Å². The summed E-state index contributed by atoms with van der Waals surface area (Å²) in [5.74, 6) is 0. The van der Waals surface area contributed by atoms with Gasteiger partial charge in [-0.3, -0.25) is 0 Å². The summed E-state index contributed by atoms with van der Waals surface area (Å²) in [6.07, 6.45) is 3.12. The van der Waals surface area contributed by atoms with Crippen molar-refractivity contribution in [2.24, 2.45) is 0 Å². The van der Waals surface area contributed by atoms with E-state index in [1.54, 1.807) is 0 Å². The molecule has 0 aromatic carbocycles. The zero-order valence-corrected chi connectivity index (χ0v) is 5.01. The van der Waals surface area contributed by atoms with Gasteiger partial charge in [-0.05, 0) is 15.9 Å². The van der Waals surface area contributed by atoms with Gasteiger partial charge in [-0.1, -0.05) is 0 Å². The number of halogens is 1. The molecule has 0 aliphatic rings. The van der Waals surface area contributed by atoms with Gasteiger partial charge in [0.15, 0.2) is 0 Å². The SMILES string of the molecule is [2H]c1ncc(Br)cn1. The number of hydrogen-bond acceptors (Lipinski definition) is 2. The summed E-state index contributed by atoms with van der Waals surface area (Å²) >= 11 is 3.14. The largest absolute Gasteiger partial charge is 0.244 e. The van der Waals surface area contributed by atoms with Crippen LogP contribution in [0.1, 0.15) is 1.37 Å². The summed E-state index contributed by atoms with van der Waals surface area (Å²) in [6, 6.07) is 0. The van der Waals surface area contributed by atoms with Gasteiger partial charge in [-0.15, -0.1) is 0 Å². The highest BCUT2D eigenvalue weighted by molar-refractivity contribution is 9.10. The highest BCUT2D eigenvalue weighted by Gasteiger charge is 1.76. The molecule has 7 heavy (non-hydrogen) atoms. The summed E-state index contributed by atoms with van der Waals surface area (Å²) in [7, 11) is 0. The molecule has 0 amide bonds. The first-order valence-corrected chi connectivity index (χ1v) is 2.52. The molecule has 2 nitrogen and oxygen atoms in total. The molecule has 1 heterocycles. The molecule has 3 heteroatoms. The zero-order valence-electron chi connectivity index (χ0n) is 4.43. The van der Waals surface area contributed by atoms with Crippen LogP contribution >= 0.6 is 15.9 Å². The van der Waals surface area contributed by atoms with Crippen LogP contribution < -0.4 is 0 Å². The summed E-state index contributed by atoms with van der Waals surface area (Å²) < 4.78 is 7.65. The van der Waals surface area contributed by atoms with Crippen molar-refractivity contribution < 1.29 is 1.37 Å². The van der Waals surface area contributed by atoms with E-state index in [1.165, 1.54) is 12.4 Å². The Balaban J connectivity index is 3.03. The van der Waals surface area contributed by atoms with Gasteiger partial charge in [0.25, 0.3) is 0 Å². The van der Waals surface area contributed by atoms with Crippen LogP contribution in [-0.2, 0) is 0 Å². The molecule has 0 saturated heterocycles. The first kappa shape index (κ1) is 3.55. The maximum atomic E-state index is 6.85. The summed E-state index contributed by atoms with van der Waals surface area (Å²) in [5.41, 5.74) is 0. The fourth-order valence-corrected chi connectivity index (χ4v) is 0.452. The monoisotopic (exact) mass is 159 g/mol. The van der Waals surface area contributed by atoms with E-state index in [4.69, 9.17) is 1.37 Å². The molecule has 1 aromatic rings. The fraction of sp³-hybridized carbons (Fsp3) is 0. The quantitative estimate of drug-likeness (QED) is 0.570. The van der Waals surface area contributed by atoms with Gasteiger partial charge in [0.05, 0.1) is 4.47 Å². The van der Waals surface area contributed by atoms with Gasteiger partial charge in [-0.2, -0.15) is 0 Å². The van der Waals surface area contributed by atoms with Crippen molar-refractivity contribution in [1.82, 2.24) is 9.97 Å². The van der Waals surface area contributed by atoms with E-state index in [0.29, 0.717) is 0 Å². The molecule has 36 valence electrons. The molecule has 0 aliphatic carbocycles. The molecule has 0 fully saturated rings. The molecule has 0 radical (unpaired) electrons. The topological polar surface area (TPSA) is 25.8 Å². The lowest BCUT2D eigenvalue weighted by atomic mass is 10.7. The van der Waals surface area contributed by atoms with Gasteiger partial charge in [0.2, 0.25) is 0 Å². The van der Waals surface area contributed by atoms with Crippen molar-refractivity contribution in [2.75, 3.05) is 0 Å². The Labute approximate surface area is 51.1 Å². The fourth-order valence-electron chi connectivity index (χ4n) is 0.248. The Morgan fingerprint density at radius 2 is 2.14 bits per heavy atom. The Kier molecular flexibility index (Phi) is 1.03. The van der Waals surface area contributed by atoms with E-state index in [-0.39, 0.29) is 6.30 Å². The smallest absolute Gasteiger partial charge is 0.115 e. The van der Waals surface area contributed by atoms with Crippen molar-refractivity contribution in [3.8, 4) is 0 Å². The molecule has 0 aliphatic heterocycles. The summed E-state index contributed by atoms with van der Waals surface area (Å²) in [6.45, 7) is 0. The van der Waals surface area contributed by atoms with Crippen LogP contribution in [0.25, 0.3) is 0 Å². The van der Waals surface area contributed by atoms with Crippen LogP contribution in [0.3, 0.4) is 0 Å². The lowest BCUT2D eigenvalue weighted by molar-refractivity contribution is 1.15. The zero-order chi connectivity index (χ0) is 5.98. The molecule has 1 rings (SSSR count).